The minimum absolute atomic E-state index is 0.227. The van der Waals surface area contributed by atoms with Gasteiger partial charge in [0.2, 0.25) is 0 Å². The predicted molar refractivity (Wildman–Crippen MR) is 49.6 cm³/mol. The standard InChI is InChI=1S/C8H7F3N2OS/c9-8(10,11)7(14)4-5(12-13-7)6-2-1-3-15-6/h1-4,12-14H. The van der Waals surface area contributed by atoms with Gasteiger partial charge in [-0.2, -0.15) is 18.6 Å². The van der Waals surface area contributed by atoms with Crippen LogP contribution in [0.3, 0.4) is 0 Å². The third-order valence-corrected chi connectivity index (χ3v) is 2.86. The molecule has 0 bridgehead atoms. The lowest BCUT2D eigenvalue weighted by Gasteiger charge is -2.23. The van der Waals surface area contributed by atoms with Crippen molar-refractivity contribution in [1.82, 2.24) is 10.9 Å². The molecule has 1 unspecified atom stereocenters. The van der Waals surface area contributed by atoms with Crippen LogP contribution in [0, 0.1) is 0 Å². The van der Waals surface area contributed by atoms with Crippen LogP contribution < -0.4 is 10.9 Å². The lowest BCUT2D eigenvalue weighted by Crippen LogP contribution is -2.55. The maximum Gasteiger partial charge on any atom is 0.436 e. The van der Waals surface area contributed by atoms with Gasteiger partial charge in [0, 0.05) is 0 Å². The largest absolute Gasteiger partial charge is 0.436 e. The van der Waals surface area contributed by atoms with Crippen LogP contribution in [0.4, 0.5) is 13.2 Å². The molecule has 0 aliphatic carbocycles. The van der Waals surface area contributed by atoms with Crippen LogP contribution in [0.1, 0.15) is 4.88 Å². The quantitative estimate of drug-likeness (QED) is 0.691. The highest BCUT2D eigenvalue weighted by atomic mass is 32.1. The van der Waals surface area contributed by atoms with E-state index in [1.807, 2.05) is 0 Å². The highest BCUT2D eigenvalue weighted by Gasteiger charge is 2.55. The first-order valence-electron chi connectivity index (χ1n) is 4.01. The lowest BCUT2D eigenvalue weighted by molar-refractivity contribution is -0.250. The Morgan fingerprint density at radius 3 is 2.60 bits per heavy atom. The molecule has 0 aromatic carbocycles. The van der Waals surface area contributed by atoms with E-state index in [1.165, 1.54) is 11.3 Å². The second kappa shape index (κ2) is 3.22. The second-order valence-corrected chi connectivity index (χ2v) is 4.00. The minimum Gasteiger partial charge on any atom is -0.363 e. The molecule has 0 radical (unpaired) electrons. The maximum atomic E-state index is 12.4. The van der Waals surface area contributed by atoms with Crippen LogP contribution in [-0.2, 0) is 0 Å². The molecular formula is C8H7F3N2OS. The van der Waals surface area contributed by atoms with Crippen LogP contribution >= 0.6 is 11.3 Å². The van der Waals surface area contributed by atoms with Crippen molar-refractivity contribution in [2.75, 3.05) is 0 Å². The zero-order valence-corrected chi connectivity index (χ0v) is 8.12. The molecule has 0 fully saturated rings. The van der Waals surface area contributed by atoms with E-state index in [4.69, 9.17) is 0 Å². The number of rotatable bonds is 1. The summed E-state index contributed by atoms with van der Waals surface area (Å²) in [6.07, 6.45) is -4.03. The van der Waals surface area contributed by atoms with Gasteiger partial charge in [-0.25, -0.2) is 0 Å². The lowest BCUT2D eigenvalue weighted by atomic mass is 10.2. The summed E-state index contributed by atoms with van der Waals surface area (Å²) in [7, 11) is 0. The highest BCUT2D eigenvalue weighted by molar-refractivity contribution is 7.11. The van der Waals surface area contributed by atoms with Gasteiger partial charge < -0.3 is 10.5 Å². The van der Waals surface area contributed by atoms with Gasteiger partial charge >= 0.3 is 6.18 Å². The molecular weight excluding hydrogens is 229 g/mol. The van der Waals surface area contributed by atoms with E-state index >= 15 is 0 Å². The Hall–Kier alpha value is -1.05. The van der Waals surface area contributed by atoms with Gasteiger partial charge in [-0.05, 0) is 17.5 Å². The van der Waals surface area contributed by atoms with Gasteiger partial charge in [-0.3, -0.25) is 0 Å². The molecule has 82 valence electrons. The molecule has 3 N–H and O–H groups in total. The minimum atomic E-state index is -4.75. The monoisotopic (exact) mass is 236 g/mol. The van der Waals surface area contributed by atoms with Gasteiger partial charge in [-0.15, -0.1) is 11.3 Å². The Morgan fingerprint density at radius 2 is 2.13 bits per heavy atom. The Labute approximate surface area is 87.2 Å². The molecule has 1 atom stereocenters. The van der Waals surface area contributed by atoms with Gasteiger partial charge in [0.15, 0.2) is 0 Å². The van der Waals surface area contributed by atoms with Gasteiger partial charge in [0.05, 0.1) is 10.6 Å². The van der Waals surface area contributed by atoms with Crippen LogP contribution in [0.25, 0.3) is 5.70 Å². The summed E-state index contributed by atoms with van der Waals surface area (Å²) in [6, 6.07) is 3.38. The maximum absolute atomic E-state index is 12.4. The van der Waals surface area contributed by atoms with Crippen LogP contribution in [0.5, 0.6) is 0 Å². The van der Waals surface area contributed by atoms with E-state index in [0.29, 0.717) is 4.88 Å². The van der Waals surface area contributed by atoms with Crippen molar-refractivity contribution in [2.24, 2.45) is 0 Å². The average Bonchev–Trinajstić information content (AvgIpc) is 2.70. The molecule has 1 aliphatic heterocycles. The Morgan fingerprint density at radius 1 is 1.40 bits per heavy atom. The van der Waals surface area contributed by atoms with Gasteiger partial charge in [-0.1, -0.05) is 6.07 Å². The number of hydrogen-bond donors (Lipinski definition) is 3. The van der Waals surface area contributed by atoms with Crippen molar-refractivity contribution >= 4 is 17.0 Å². The summed E-state index contributed by atoms with van der Waals surface area (Å²) >= 11 is 1.28. The normalized spacial score (nSPS) is 26.3. The van der Waals surface area contributed by atoms with E-state index < -0.39 is 11.9 Å². The Bertz CT molecular complexity index is 387. The molecule has 1 aromatic rings. The summed E-state index contributed by atoms with van der Waals surface area (Å²) in [6.45, 7) is 0. The SMILES string of the molecule is OC1(C(F)(F)F)C=C(c2cccs2)NN1. The summed E-state index contributed by atoms with van der Waals surface area (Å²) in [5.41, 5.74) is 1.35. The van der Waals surface area contributed by atoms with Crippen LogP contribution in [0.15, 0.2) is 23.6 Å². The fourth-order valence-electron chi connectivity index (χ4n) is 1.16. The number of nitrogens with one attached hydrogen (secondary N) is 2. The zero-order chi connectivity index (χ0) is 11.1. The Kier molecular flexibility index (Phi) is 2.25. The van der Waals surface area contributed by atoms with E-state index in [2.05, 4.69) is 5.43 Å². The molecule has 0 saturated heterocycles. The van der Waals surface area contributed by atoms with Crippen molar-refractivity contribution < 1.29 is 18.3 Å². The molecule has 1 aromatic heterocycles. The van der Waals surface area contributed by atoms with Gasteiger partial charge in [0.25, 0.3) is 5.72 Å². The van der Waals surface area contributed by atoms with Crippen LogP contribution in [0.2, 0.25) is 0 Å². The summed E-state index contributed by atoms with van der Waals surface area (Å²) < 4.78 is 37.1. The van der Waals surface area contributed by atoms with E-state index in [0.717, 1.165) is 6.08 Å². The first-order valence-corrected chi connectivity index (χ1v) is 4.89. The van der Waals surface area contributed by atoms with Crippen molar-refractivity contribution in [3.63, 3.8) is 0 Å². The third kappa shape index (κ3) is 1.73. The fraction of sp³-hybridized carbons (Fsp3) is 0.250. The van der Waals surface area contributed by atoms with E-state index in [-0.39, 0.29) is 5.70 Å². The number of hydrazine groups is 1. The molecule has 2 rings (SSSR count). The van der Waals surface area contributed by atoms with Crippen molar-refractivity contribution in [3.05, 3.63) is 28.5 Å². The first kappa shape index (κ1) is 10.5. The number of thiophene rings is 1. The predicted octanol–water partition coefficient (Wildman–Crippen LogP) is 1.45. The Balaban J connectivity index is 2.30. The molecule has 1 aliphatic rings. The molecule has 3 nitrogen and oxygen atoms in total. The van der Waals surface area contributed by atoms with E-state index in [1.54, 1.807) is 22.9 Å². The van der Waals surface area contributed by atoms with E-state index in [9.17, 15) is 18.3 Å². The van der Waals surface area contributed by atoms with Crippen molar-refractivity contribution in [2.45, 2.75) is 11.9 Å². The third-order valence-electron chi connectivity index (χ3n) is 1.96. The molecule has 0 amide bonds. The first-order chi connectivity index (χ1) is 6.92. The van der Waals surface area contributed by atoms with Crippen molar-refractivity contribution in [3.8, 4) is 0 Å². The highest BCUT2D eigenvalue weighted by Crippen LogP contribution is 2.34. The zero-order valence-electron chi connectivity index (χ0n) is 7.30. The number of aliphatic hydroxyl groups is 1. The summed E-state index contributed by atoms with van der Waals surface area (Å²) in [5, 5.41) is 11.0. The topological polar surface area (TPSA) is 44.3 Å². The summed E-state index contributed by atoms with van der Waals surface area (Å²) in [5.74, 6) is 0. The van der Waals surface area contributed by atoms with Crippen LogP contribution in [-0.4, -0.2) is 17.0 Å². The number of alkyl halides is 3. The second-order valence-electron chi connectivity index (χ2n) is 3.05. The summed E-state index contributed by atoms with van der Waals surface area (Å²) in [4.78, 5) is 0.627. The number of halogens is 3. The van der Waals surface area contributed by atoms with Crippen molar-refractivity contribution in [1.29, 1.82) is 0 Å². The molecule has 15 heavy (non-hydrogen) atoms. The average molecular weight is 236 g/mol. The molecule has 2 heterocycles. The fourth-order valence-corrected chi connectivity index (χ4v) is 1.86. The smallest absolute Gasteiger partial charge is 0.363 e. The molecule has 0 spiro atoms. The number of hydrogen-bond acceptors (Lipinski definition) is 4. The van der Waals surface area contributed by atoms with Gasteiger partial charge in [0.1, 0.15) is 0 Å². The molecule has 0 saturated carbocycles. The molecule has 7 heteroatoms.